The Hall–Kier alpha value is -2.65. The first-order chi connectivity index (χ1) is 12.7. The molecule has 0 saturated carbocycles. The predicted molar refractivity (Wildman–Crippen MR) is 92.6 cm³/mol. The summed E-state index contributed by atoms with van der Waals surface area (Å²) in [6, 6.07) is 4.97. The van der Waals surface area contributed by atoms with E-state index in [4.69, 9.17) is 13.9 Å². The number of hydrogen-bond acceptors (Lipinski definition) is 7. The molecule has 4 atom stereocenters. The number of rotatable bonds is 5. The molecule has 2 aliphatic heterocycles. The number of nitrogens with zero attached hydrogens (tertiary/aromatic N) is 2. The van der Waals surface area contributed by atoms with Crippen molar-refractivity contribution in [2.24, 2.45) is 0 Å². The van der Waals surface area contributed by atoms with Crippen LogP contribution in [0.15, 0.2) is 35.1 Å². The summed E-state index contributed by atoms with van der Waals surface area (Å²) in [6.45, 7) is 3.31. The van der Waals surface area contributed by atoms with E-state index in [9.17, 15) is 4.79 Å². The zero-order chi connectivity index (χ0) is 17.9. The van der Waals surface area contributed by atoms with Crippen LogP contribution in [0.5, 0.6) is 0 Å². The third-order valence-corrected chi connectivity index (χ3v) is 4.45. The van der Waals surface area contributed by atoms with E-state index in [1.54, 1.807) is 18.5 Å². The predicted octanol–water partition coefficient (Wildman–Crippen LogP) is 1.00. The average molecular weight is 359 g/mol. The third kappa shape index (κ3) is 3.35. The number of hydrogen-bond donors (Lipinski definition) is 3. The molecule has 0 unspecified atom stereocenters. The molecule has 0 aliphatic carbocycles. The van der Waals surface area contributed by atoms with Crippen molar-refractivity contribution in [3.63, 3.8) is 0 Å². The average Bonchev–Trinajstić information content (AvgIpc) is 3.36. The summed E-state index contributed by atoms with van der Waals surface area (Å²) >= 11 is 0. The molecule has 2 aromatic rings. The van der Waals surface area contributed by atoms with Gasteiger partial charge in [-0.3, -0.25) is 0 Å². The van der Waals surface area contributed by atoms with Crippen LogP contribution in [0.3, 0.4) is 0 Å². The van der Waals surface area contributed by atoms with E-state index in [1.807, 2.05) is 19.1 Å². The smallest absolute Gasteiger partial charge is 0.315 e. The van der Waals surface area contributed by atoms with Crippen LogP contribution in [0.1, 0.15) is 6.92 Å². The van der Waals surface area contributed by atoms with Crippen molar-refractivity contribution in [3.05, 3.63) is 30.7 Å². The van der Waals surface area contributed by atoms with Crippen LogP contribution in [0, 0.1) is 0 Å². The SMILES string of the molecule is CCNC(=O)N[C@H]1CO[C@H]2[C@@H]1OC[C@@H]2Nc1nccc(-c2ccco2)n1. The topological polar surface area (TPSA) is 111 Å². The highest BCUT2D eigenvalue weighted by Crippen LogP contribution is 2.29. The van der Waals surface area contributed by atoms with Crippen molar-refractivity contribution in [1.29, 1.82) is 0 Å². The summed E-state index contributed by atoms with van der Waals surface area (Å²) < 4.78 is 17.1. The maximum Gasteiger partial charge on any atom is 0.315 e. The van der Waals surface area contributed by atoms with Gasteiger partial charge in [-0.05, 0) is 25.1 Å². The largest absolute Gasteiger partial charge is 0.463 e. The number of fused-ring (bicyclic) bond motifs is 1. The molecular formula is C17H21N5O4. The molecule has 0 aromatic carbocycles. The Balaban J connectivity index is 1.40. The second kappa shape index (κ2) is 7.30. The van der Waals surface area contributed by atoms with Crippen molar-refractivity contribution in [1.82, 2.24) is 20.6 Å². The Morgan fingerprint density at radius 3 is 2.81 bits per heavy atom. The van der Waals surface area contributed by atoms with Gasteiger partial charge < -0.3 is 29.8 Å². The van der Waals surface area contributed by atoms with Gasteiger partial charge in [0.25, 0.3) is 0 Å². The molecule has 0 bridgehead atoms. The third-order valence-electron chi connectivity index (χ3n) is 4.45. The van der Waals surface area contributed by atoms with Gasteiger partial charge in [-0.1, -0.05) is 0 Å². The van der Waals surface area contributed by atoms with E-state index in [2.05, 4.69) is 25.9 Å². The first-order valence-corrected chi connectivity index (χ1v) is 8.65. The number of furan rings is 1. The fourth-order valence-corrected chi connectivity index (χ4v) is 3.28. The van der Waals surface area contributed by atoms with Crippen molar-refractivity contribution in [3.8, 4) is 11.5 Å². The normalized spacial score (nSPS) is 27.1. The monoisotopic (exact) mass is 359 g/mol. The maximum absolute atomic E-state index is 11.7. The highest BCUT2D eigenvalue weighted by molar-refractivity contribution is 5.74. The van der Waals surface area contributed by atoms with Gasteiger partial charge >= 0.3 is 6.03 Å². The first-order valence-electron chi connectivity index (χ1n) is 8.65. The molecule has 138 valence electrons. The van der Waals surface area contributed by atoms with Gasteiger partial charge in [0.05, 0.1) is 31.6 Å². The highest BCUT2D eigenvalue weighted by Gasteiger charge is 2.48. The lowest BCUT2D eigenvalue weighted by atomic mass is 10.1. The first kappa shape index (κ1) is 16.8. The quantitative estimate of drug-likeness (QED) is 0.730. The minimum atomic E-state index is -0.212. The number of amides is 2. The van der Waals surface area contributed by atoms with Gasteiger partial charge in [0, 0.05) is 12.7 Å². The van der Waals surface area contributed by atoms with E-state index in [1.165, 1.54) is 0 Å². The van der Waals surface area contributed by atoms with Gasteiger partial charge in [0.15, 0.2) is 5.76 Å². The molecule has 2 amide bonds. The Morgan fingerprint density at radius 1 is 1.23 bits per heavy atom. The van der Waals surface area contributed by atoms with E-state index < -0.39 is 0 Å². The number of carbonyl (C=O) groups excluding carboxylic acids is 1. The van der Waals surface area contributed by atoms with Crippen LogP contribution in [0.4, 0.5) is 10.7 Å². The number of anilines is 1. The number of nitrogens with one attached hydrogen (secondary N) is 3. The van der Waals surface area contributed by atoms with Crippen LogP contribution in [-0.2, 0) is 9.47 Å². The van der Waals surface area contributed by atoms with Gasteiger partial charge in [0.2, 0.25) is 5.95 Å². The lowest BCUT2D eigenvalue weighted by Crippen LogP contribution is -2.48. The Morgan fingerprint density at radius 2 is 2.04 bits per heavy atom. The zero-order valence-corrected chi connectivity index (χ0v) is 14.3. The Labute approximate surface area is 150 Å². The molecule has 2 aliphatic rings. The number of carbonyl (C=O) groups is 1. The van der Waals surface area contributed by atoms with Gasteiger partial charge in [-0.2, -0.15) is 0 Å². The molecule has 2 saturated heterocycles. The molecule has 2 aromatic heterocycles. The standard InChI is InChI=1S/C17H21N5O4/c1-2-18-17(23)22-12-9-26-14-11(8-25-15(12)14)21-16-19-6-5-10(20-16)13-4-3-7-24-13/h3-7,11-12,14-15H,2,8-9H2,1H3,(H2,18,22,23)(H,19,20,21)/t11-,12-,14+,15+/m0/s1. The van der Waals surface area contributed by atoms with Crippen LogP contribution >= 0.6 is 0 Å². The van der Waals surface area contributed by atoms with Gasteiger partial charge in [0.1, 0.15) is 17.9 Å². The summed E-state index contributed by atoms with van der Waals surface area (Å²) in [5.41, 5.74) is 0.700. The molecule has 4 rings (SSSR count). The van der Waals surface area contributed by atoms with Crippen LogP contribution in [-0.4, -0.2) is 60.0 Å². The summed E-state index contributed by atoms with van der Waals surface area (Å²) in [4.78, 5) is 20.5. The van der Waals surface area contributed by atoms with Crippen molar-refractivity contribution >= 4 is 12.0 Å². The number of ether oxygens (including phenoxy) is 2. The summed E-state index contributed by atoms with van der Waals surface area (Å²) in [7, 11) is 0. The fourth-order valence-electron chi connectivity index (χ4n) is 3.28. The van der Waals surface area contributed by atoms with E-state index in [0.717, 1.165) is 0 Å². The minimum absolute atomic E-state index is 0.0899. The van der Waals surface area contributed by atoms with Crippen molar-refractivity contribution in [2.45, 2.75) is 31.2 Å². The second-order valence-corrected chi connectivity index (χ2v) is 6.20. The Kier molecular flexibility index (Phi) is 4.72. The van der Waals surface area contributed by atoms with Crippen molar-refractivity contribution in [2.75, 3.05) is 25.1 Å². The molecule has 4 heterocycles. The molecule has 0 spiro atoms. The highest BCUT2D eigenvalue weighted by atomic mass is 16.6. The zero-order valence-electron chi connectivity index (χ0n) is 14.3. The molecule has 9 heteroatoms. The molecule has 9 nitrogen and oxygen atoms in total. The molecule has 2 fully saturated rings. The summed E-state index contributed by atoms with van der Waals surface area (Å²) in [6.07, 6.45) is 2.92. The van der Waals surface area contributed by atoms with Gasteiger partial charge in [-0.15, -0.1) is 0 Å². The summed E-state index contributed by atoms with van der Waals surface area (Å²) in [5.74, 6) is 1.16. The van der Waals surface area contributed by atoms with Gasteiger partial charge in [-0.25, -0.2) is 14.8 Å². The summed E-state index contributed by atoms with van der Waals surface area (Å²) in [5, 5.41) is 8.88. The molecular weight excluding hydrogens is 338 g/mol. The van der Waals surface area contributed by atoms with Crippen LogP contribution in [0.2, 0.25) is 0 Å². The lowest BCUT2D eigenvalue weighted by molar-refractivity contribution is 0.0682. The number of aromatic nitrogens is 2. The van der Waals surface area contributed by atoms with Crippen LogP contribution in [0.25, 0.3) is 11.5 Å². The second-order valence-electron chi connectivity index (χ2n) is 6.20. The van der Waals surface area contributed by atoms with Crippen LogP contribution < -0.4 is 16.0 Å². The number of urea groups is 1. The molecule has 0 radical (unpaired) electrons. The van der Waals surface area contributed by atoms with Crippen molar-refractivity contribution < 1.29 is 18.7 Å². The fraction of sp³-hybridized carbons (Fsp3) is 0.471. The van der Waals surface area contributed by atoms with E-state index >= 15 is 0 Å². The van der Waals surface area contributed by atoms with E-state index in [-0.39, 0.29) is 30.3 Å². The maximum atomic E-state index is 11.7. The molecule has 26 heavy (non-hydrogen) atoms. The Bertz CT molecular complexity index is 753. The molecule has 3 N–H and O–H groups in total. The van der Waals surface area contributed by atoms with E-state index in [0.29, 0.717) is 37.2 Å². The lowest BCUT2D eigenvalue weighted by Gasteiger charge is -2.18. The minimum Gasteiger partial charge on any atom is -0.463 e.